The summed E-state index contributed by atoms with van der Waals surface area (Å²) in [6.45, 7) is 0.680. The first-order valence-electron chi connectivity index (χ1n) is 5.91. The fraction of sp³-hybridized carbons (Fsp3) is 0.357. The van der Waals surface area contributed by atoms with E-state index in [2.05, 4.69) is 5.32 Å². The standard InChI is InChI=1S/C14H17NO3/c1-17-13-6-3-10(7-14(13)18-2)9-15-11-4-5-12(16)8-11/h3,6-8,15H,4-5,9H2,1-2H3. The highest BCUT2D eigenvalue weighted by atomic mass is 16.5. The van der Waals surface area contributed by atoms with Crippen molar-refractivity contribution < 1.29 is 14.3 Å². The third-order valence-corrected chi connectivity index (χ3v) is 2.94. The molecule has 0 aromatic heterocycles. The molecule has 0 atom stereocenters. The summed E-state index contributed by atoms with van der Waals surface area (Å²) < 4.78 is 10.4. The molecule has 0 bridgehead atoms. The Morgan fingerprint density at radius 1 is 1.17 bits per heavy atom. The van der Waals surface area contributed by atoms with E-state index in [-0.39, 0.29) is 5.78 Å². The van der Waals surface area contributed by atoms with Crippen LogP contribution in [0.4, 0.5) is 0 Å². The number of hydrogen-bond acceptors (Lipinski definition) is 4. The first-order valence-corrected chi connectivity index (χ1v) is 5.91. The summed E-state index contributed by atoms with van der Waals surface area (Å²) in [5, 5.41) is 3.26. The van der Waals surface area contributed by atoms with E-state index >= 15 is 0 Å². The van der Waals surface area contributed by atoms with Crippen LogP contribution in [0.1, 0.15) is 18.4 Å². The van der Waals surface area contributed by atoms with Crippen molar-refractivity contribution in [2.24, 2.45) is 0 Å². The molecule has 4 nitrogen and oxygen atoms in total. The van der Waals surface area contributed by atoms with Gasteiger partial charge in [-0.25, -0.2) is 0 Å². The Hall–Kier alpha value is -1.97. The van der Waals surface area contributed by atoms with Gasteiger partial charge in [-0.3, -0.25) is 4.79 Å². The molecule has 0 heterocycles. The molecule has 0 spiro atoms. The number of hydrogen-bond donors (Lipinski definition) is 1. The van der Waals surface area contributed by atoms with Crippen molar-refractivity contribution in [2.75, 3.05) is 14.2 Å². The fourth-order valence-electron chi connectivity index (χ4n) is 1.94. The van der Waals surface area contributed by atoms with E-state index in [1.165, 1.54) is 0 Å². The molecule has 18 heavy (non-hydrogen) atoms. The molecule has 0 radical (unpaired) electrons. The van der Waals surface area contributed by atoms with Crippen molar-refractivity contribution in [3.8, 4) is 11.5 Å². The van der Waals surface area contributed by atoms with Gasteiger partial charge in [0, 0.05) is 24.7 Å². The van der Waals surface area contributed by atoms with Crippen LogP contribution in [-0.2, 0) is 11.3 Å². The number of rotatable bonds is 5. The van der Waals surface area contributed by atoms with Gasteiger partial charge in [0.15, 0.2) is 17.3 Å². The lowest BCUT2D eigenvalue weighted by molar-refractivity contribution is -0.114. The quantitative estimate of drug-likeness (QED) is 0.865. The first-order chi connectivity index (χ1) is 8.72. The Kier molecular flexibility index (Phi) is 3.87. The summed E-state index contributed by atoms with van der Waals surface area (Å²) in [7, 11) is 3.23. The van der Waals surface area contributed by atoms with Crippen molar-refractivity contribution in [2.45, 2.75) is 19.4 Å². The van der Waals surface area contributed by atoms with Crippen LogP contribution in [-0.4, -0.2) is 20.0 Å². The molecular formula is C14H17NO3. The Morgan fingerprint density at radius 2 is 1.94 bits per heavy atom. The predicted molar refractivity (Wildman–Crippen MR) is 68.7 cm³/mol. The average Bonchev–Trinajstić information content (AvgIpc) is 2.81. The van der Waals surface area contributed by atoms with Crippen LogP contribution in [0.5, 0.6) is 11.5 Å². The third-order valence-electron chi connectivity index (χ3n) is 2.94. The van der Waals surface area contributed by atoms with Crippen molar-refractivity contribution >= 4 is 5.78 Å². The Bertz CT molecular complexity index is 480. The van der Waals surface area contributed by atoms with E-state index in [4.69, 9.17) is 9.47 Å². The zero-order chi connectivity index (χ0) is 13.0. The van der Waals surface area contributed by atoms with Gasteiger partial charge in [0.2, 0.25) is 0 Å². The zero-order valence-electron chi connectivity index (χ0n) is 10.7. The fourth-order valence-corrected chi connectivity index (χ4v) is 1.94. The van der Waals surface area contributed by atoms with Crippen LogP contribution in [0.3, 0.4) is 0 Å². The molecule has 0 saturated carbocycles. The number of carbonyl (C=O) groups excluding carboxylic acids is 1. The number of methoxy groups -OCH3 is 2. The second-order valence-corrected chi connectivity index (χ2v) is 4.18. The van der Waals surface area contributed by atoms with Gasteiger partial charge in [0.1, 0.15) is 0 Å². The second kappa shape index (κ2) is 5.58. The summed E-state index contributed by atoms with van der Waals surface area (Å²) >= 11 is 0. The molecule has 1 aromatic rings. The summed E-state index contributed by atoms with van der Waals surface area (Å²) in [5.74, 6) is 1.63. The lowest BCUT2D eigenvalue weighted by Gasteiger charge is -2.11. The molecule has 1 N–H and O–H groups in total. The second-order valence-electron chi connectivity index (χ2n) is 4.18. The molecule has 2 rings (SSSR count). The van der Waals surface area contributed by atoms with Crippen molar-refractivity contribution in [1.29, 1.82) is 0 Å². The van der Waals surface area contributed by atoms with Crippen LogP contribution in [0.2, 0.25) is 0 Å². The van der Waals surface area contributed by atoms with E-state index in [0.717, 1.165) is 23.4 Å². The number of benzene rings is 1. The minimum atomic E-state index is 0.199. The maximum Gasteiger partial charge on any atom is 0.161 e. The van der Waals surface area contributed by atoms with Crippen LogP contribution >= 0.6 is 0 Å². The maximum atomic E-state index is 11.1. The number of allylic oxidation sites excluding steroid dienone is 2. The molecule has 1 aliphatic rings. The third kappa shape index (κ3) is 2.83. The highest BCUT2D eigenvalue weighted by molar-refractivity contribution is 5.92. The number of ketones is 1. The predicted octanol–water partition coefficient (Wildman–Crippen LogP) is 2.04. The largest absolute Gasteiger partial charge is 0.493 e. The van der Waals surface area contributed by atoms with E-state index in [1.807, 2.05) is 18.2 Å². The lowest BCUT2D eigenvalue weighted by Crippen LogP contribution is -2.11. The molecule has 0 aliphatic heterocycles. The van der Waals surface area contributed by atoms with Gasteiger partial charge in [0.25, 0.3) is 0 Å². The highest BCUT2D eigenvalue weighted by Gasteiger charge is 2.11. The Morgan fingerprint density at radius 3 is 2.56 bits per heavy atom. The van der Waals surface area contributed by atoms with Gasteiger partial charge in [-0.1, -0.05) is 6.07 Å². The minimum absolute atomic E-state index is 0.199. The molecular weight excluding hydrogens is 230 g/mol. The SMILES string of the molecule is COc1ccc(CNC2=CC(=O)CC2)cc1OC. The number of carbonyl (C=O) groups is 1. The maximum absolute atomic E-state index is 11.1. The van der Waals surface area contributed by atoms with Gasteiger partial charge >= 0.3 is 0 Å². The zero-order valence-corrected chi connectivity index (χ0v) is 10.7. The van der Waals surface area contributed by atoms with E-state index in [9.17, 15) is 4.79 Å². The highest BCUT2D eigenvalue weighted by Crippen LogP contribution is 2.27. The van der Waals surface area contributed by atoms with E-state index in [1.54, 1.807) is 20.3 Å². The summed E-state index contributed by atoms with van der Waals surface area (Å²) in [6.07, 6.45) is 3.11. The molecule has 96 valence electrons. The topological polar surface area (TPSA) is 47.6 Å². The summed E-state index contributed by atoms with van der Waals surface area (Å²) in [4.78, 5) is 11.1. The van der Waals surface area contributed by atoms with Gasteiger partial charge in [0.05, 0.1) is 14.2 Å². The number of nitrogens with one attached hydrogen (secondary N) is 1. The molecule has 1 aliphatic carbocycles. The van der Waals surface area contributed by atoms with Crippen LogP contribution < -0.4 is 14.8 Å². The molecule has 0 fully saturated rings. The average molecular weight is 247 g/mol. The first kappa shape index (κ1) is 12.5. The van der Waals surface area contributed by atoms with E-state index < -0.39 is 0 Å². The summed E-state index contributed by atoms with van der Waals surface area (Å²) in [6, 6.07) is 5.79. The van der Waals surface area contributed by atoms with Crippen LogP contribution in [0, 0.1) is 0 Å². The monoisotopic (exact) mass is 247 g/mol. The van der Waals surface area contributed by atoms with Crippen LogP contribution in [0.25, 0.3) is 0 Å². The van der Waals surface area contributed by atoms with Crippen molar-refractivity contribution in [3.63, 3.8) is 0 Å². The Labute approximate surface area is 107 Å². The number of ether oxygens (including phenoxy) is 2. The lowest BCUT2D eigenvalue weighted by atomic mass is 10.2. The molecule has 0 amide bonds. The summed E-state index contributed by atoms with van der Waals surface area (Å²) in [5.41, 5.74) is 2.10. The van der Waals surface area contributed by atoms with Crippen LogP contribution in [0.15, 0.2) is 30.0 Å². The molecule has 0 unspecified atom stereocenters. The normalized spacial score (nSPS) is 14.3. The van der Waals surface area contributed by atoms with Gasteiger partial charge < -0.3 is 14.8 Å². The molecule has 0 saturated heterocycles. The van der Waals surface area contributed by atoms with E-state index in [0.29, 0.717) is 18.7 Å². The molecule has 4 heteroatoms. The minimum Gasteiger partial charge on any atom is -0.493 e. The van der Waals surface area contributed by atoms with Gasteiger partial charge in [-0.15, -0.1) is 0 Å². The Balaban J connectivity index is 2.01. The van der Waals surface area contributed by atoms with Gasteiger partial charge in [-0.2, -0.15) is 0 Å². The smallest absolute Gasteiger partial charge is 0.161 e. The van der Waals surface area contributed by atoms with Gasteiger partial charge in [-0.05, 0) is 24.1 Å². The molecule has 1 aromatic carbocycles. The van der Waals surface area contributed by atoms with Crippen molar-refractivity contribution in [3.05, 3.63) is 35.5 Å². The van der Waals surface area contributed by atoms with Crippen molar-refractivity contribution in [1.82, 2.24) is 5.32 Å².